The first kappa shape index (κ1) is 20.6. The van der Waals surface area contributed by atoms with Gasteiger partial charge in [0.1, 0.15) is 5.56 Å². The van der Waals surface area contributed by atoms with Gasteiger partial charge in [-0.1, -0.05) is 6.07 Å². The van der Waals surface area contributed by atoms with Crippen LogP contribution in [0.25, 0.3) is 0 Å². The summed E-state index contributed by atoms with van der Waals surface area (Å²) >= 11 is 1.17. The first-order chi connectivity index (χ1) is 13.4. The van der Waals surface area contributed by atoms with Crippen molar-refractivity contribution in [3.63, 3.8) is 0 Å². The van der Waals surface area contributed by atoms with Crippen molar-refractivity contribution in [2.75, 3.05) is 20.8 Å². The van der Waals surface area contributed by atoms with Gasteiger partial charge in [0.15, 0.2) is 18.1 Å². The molecular weight excluding hydrogens is 394 g/mol. The number of nitro benzene ring substituents is 1. The van der Waals surface area contributed by atoms with Crippen LogP contribution in [0, 0.1) is 10.1 Å². The number of hydrogen-bond donors (Lipinski definition) is 2. The molecule has 0 aliphatic carbocycles. The number of nitrogens with one attached hydrogen (secondary N) is 2. The number of benzene rings is 1. The maximum absolute atomic E-state index is 12.2. The van der Waals surface area contributed by atoms with E-state index in [9.17, 15) is 24.5 Å². The Kier molecular flexibility index (Phi) is 6.87. The lowest BCUT2D eigenvalue weighted by Gasteiger charge is -2.11. The summed E-state index contributed by atoms with van der Waals surface area (Å²) in [5, 5.41) is 12.9. The van der Waals surface area contributed by atoms with E-state index in [2.05, 4.69) is 10.9 Å². The van der Waals surface area contributed by atoms with E-state index in [0.29, 0.717) is 4.88 Å². The van der Waals surface area contributed by atoms with Crippen molar-refractivity contribution in [1.82, 2.24) is 10.9 Å². The van der Waals surface area contributed by atoms with Gasteiger partial charge in [-0.2, -0.15) is 0 Å². The van der Waals surface area contributed by atoms with Gasteiger partial charge in [-0.05, 0) is 11.4 Å². The maximum atomic E-state index is 12.2. The number of nitrogens with zero attached hydrogens (tertiary/aromatic N) is 1. The summed E-state index contributed by atoms with van der Waals surface area (Å²) in [7, 11) is 2.58. The minimum absolute atomic E-state index is 0.0554. The molecule has 2 N–H and O–H groups in total. The van der Waals surface area contributed by atoms with Crippen molar-refractivity contribution < 1.29 is 33.5 Å². The summed E-state index contributed by atoms with van der Waals surface area (Å²) in [6.45, 7) is -0.769. The number of thiophene rings is 1. The van der Waals surface area contributed by atoms with Crippen LogP contribution >= 0.6 is 11.3 Å². The first-order valence-electron chi connectivity index (χ1n) is 7.57. The molecule has 0 atom stereocenters. The quantitative estimate of drug-likeness (QED) is 0.395. The molecule has 0 spiro atoms. The SMILES string of the molecule is COc1cc(C(=O)OCC(=O)NNC(=O)c2cccs2)c([N+](=O)[O-])cc1OC. The van der Waals surface area contributed by atoms with Crippen molar-refractivity contribution in [3.8, 4) is 11.5 Å². The van der Waals surface area contributed by atoms with Crippen LogP contribution in [-0.2, 0) is 9.53 Å². The molecular formula is C16H15N3O8S. The van der Waals surface area contributed by atoms with E-state index in [0.717, 1.165) is 12.1 Å². The van der Waals surface area contributed by atoms with Crippen molar-refractivity contribution in [2.45, 2.75) is 0 Å². The minimum atomic E-state index is -1.12. The number of hydrogen-bond acceptors (Lipinski definition) is 9. The van der Waals surface area contributed by atoms with Crippen LogP contribution < -0.4 is 20.3 Å². The van der Waals surface area contributed by atoms with Crippen LogP contribution in [0.5, 0.6) is 11.5 Å². The van der Waals surface area contributed by atoms with E-state index in [1.54, 1.807) is 17.5 Å². The van der Waals surface area contributed by atoms with Crippen LogP contribution in [0.1, 0.15) is 20.0 Å². The molecule has 0 bridgehead atoms. The van der Waals surface area contributed by atoms with Crippen molar-refractivity contribution in [2.24, 2.45) is 0 Å². The predicted molar refractivity (Wildman–Crippen MR) is 96.4 cm³/mol. The Bertz CT molecular complexity index is 898. The third-order valence-electron chi connectivity index (χ3n) is 3.31. The monoisotopic (exact) mass is 409 g/mol. The molecule has 0 fully saturated rings. The molecule has 1 aromatic heterocycles. The minimum Gasteiger partial charge on any atom is -0.493 e. The number of rotatable bonds is 7. The lowest BCUT2D eigenvalue weighted by Crippen LogP contribution is -2.43. The molecule has 0 saturated carbocycles. The van der Waals surface area contributed by atoms with Crippen LogP contribution in [0.2, 0.25) is 0 Å². The molecule has 2 aromatic rings. The highest BCUT2D eigenvalue weighted by atomic mass is 32.1. The standard InChI is InChI=1S/C16H15N3O8S/c1-25-11-6-9(10(19(23)24)7-12(11)26-2)16(22)27-8-14(20)17-18-15(21)13-4-3-5-28-13/h3-7H,8H2,1-2H3,(H,17,20)(H,18,21). The Balaban J connectivity index is 2.01. The predicted octanol–water partition coefficient (Wildman–Crippen LogP) is 1.29. The fraction of sp³-hybridized carbons (Fsp3) is 0.188. The Hall–Kier alpha value is -3.67. The van der Waals surface area contributed by atoms with E-state index in [1.165, 1.54) is 25.6 Å². The molecule has 0 unspecified atom stereocenters. The van der Waals surface area contributed by atoms with Gasteiger partial charge < -0.3 is 14.2 Å². The van der Waals surface area contributed by atoms with E-state index in [1.807, 2.05) is 0 Å². The van der Waals surface area contributed by atoms with E-state index >= 15 is 0 Å². The van der Waals surface area contributed by atoms with Crippen molar-refractivity contribution >= 4 is 34.8 Å². The fourth-order valence-corrected chi connectivity index (χ4v) is 2.64. The molecule has 2 rings (SSSR count). The molecule has 1 heterocycles. The Labute approximate surface area is 162 Å². The highest BCUT2D eigenvalue weighted by molar-refractivity contribution is 7.12. The second-order valence-corrected chi connectivity index (χ2v) is 5.98. The van der Waals surface area contributed by atoms with Gasteiger partial charge in [0.25, 0.3) is 17.5 Å². The van der Waals surface area contributed by atoms with Gasteiger partial charge >= 0.3 is 5.97 Å². The summed E-state index contributed by atoms with van der Waals surface area (Å²) in [6.07, 6.45) is 0. The van der Waals surface area contributed by atoms with E-state index in [-0.39, 0.29) is 11.5 Å². The average molecular weight is 409 g/mol. The number of methoxy groups -OCH3 is 2. The Morgan fingerprint density at radius 3 is 2.39 bits per heavy atom. The van der Waals surface area contributed by atoms with Gasteiger partial charge in [0, 0.05) is 6.07 Å². The van der Waals surface area contributed by atoms with E-state index in [4.69, 9.17) is 14.2 Å². The molecule has 0 saturated heterocycles. The summed E-state index contributed by atoms with van der Waals surface area (Å²) in [5.41, 5.74) is 3.22. The average Bonchev–Trinajstić information content (AvgIpc) is 3.23. The summed E-state index contributed by atoms with van der Waals surface area (Å²) in [5.74, 6) is -2.36. The summed E-state index contributed by atoms with van der Waals surface area (Å²) < 4.78 is 14.7. The zero-order chi connectivity index (χ0) is 20.7. The van der Waals surface area contributed by atoms with Gasteiger partial charge in [-0.25, -0.2) is 4.79 Å². The normalized spacial score (nSPS) is 9.93. The number of esters is 1. The van der Waals surface area contributed by atoms with Crippen LogP contribution in [-0.4, -0.2) is 43.5 Å². The topological polar surface area (TPSA) is 146 Å². The smallest absolute Gasteiger partial charge is 0.345 e. The number of amides is 2. The third-order valence-corrected chi connectivity index (χ3v) is 4.18. The number of nitro groups is 1. The van der Waals surface area contributed by atoms with Crippen LogP contribution in [0.3, 0.4) is 0 Å². The highest BCUT2D eigenvalue weighted by Crippen LogP contribution is 2.34. The first-order valence-corrected chi connectivity index (χ1v) is 8.45. The number of ether oxygens (including phenoxy) is 3. The summed E-state index contributed by atoms with van der Waals surface area (Å²) in [4.78, 5) is 46.4. The van der Waals surface area contributed by atoms with Crippen LogP contribution in [0.4, 0.5) is 5.69 Å². The number of carbonyl (C=O) groups excluding carboxylic acids is 3. The molecule has 12 heteroatoms. The second-order valence-electron chi connectivity index (χ2n) is 5.04. The number of hydrazine groups is 1. The zero-order valence-corrected chi connectivity index (χ0v) is 15.5. The molecule has 11 nitrogen and oxygen atoms in total. The lowest BCUT2D eigenvalue weighted by atomic mass is 10.1. The molecule has 0 radical (unpaired) electrons. The maximum Gasteiger partial charge on any atom is 0.345 e. The third kappa shape index (κ3) is 4.94. The van der Waals surface area contributed by atoms with Gasteiger partial charge in [0.05, 0.1) is 30.1 Å². The second kappa shape index (κ2) is 9.32. The molecule has 0 aliphatic rings. The van der Waals surface area contributed by atoms with Crippen molar-refractivity contribution in [3.05, 3.63) is 50.2 Å². The van der Waals surface area contributed by atoms with Crippen LogP contribution in [0.15, 0.2) is 29.6 Å². The van der Waals surface area contributed by atoms with Gasteiger partial charge in [0.2, 0.25) is 0 Å². The Morgan fingerprint density at radius 1 is 1.14 bits per heavy atom. The largest absolute Gasteiger partial charge is 0.493 e. The molecule has 28 heavy (non-hydrogen) atoms. The molecule has 0 aliphatic heterocycles. The highest BCUT2D eigenvalue weighted by Gasteiger charge is 2.26. The molecule has 1 aromatic carbocycles. The fourth-order valence-electron chi connectivity index (χ4n) is 2.02. The lowest BCUT2D eigenvalue weighted by molar-refractivity contribution is -0.385. The van der Waals surface area contributed by atoms with E-state index < -0.39 is 40.6 Å². The summed E-state index contributed by atoms with van der Waals surface area (Å²) in [6, 6.07) is 5.31. The molecule has 148 valence electrons. The Morgan fingerprint density at radius 2 is 1.82 bits per heavy atom. The van der Waals surface area contributed by atoms with Crippen molar-refractivity contribution in [1.29, 1.82) is 0 Å². The van der Waals surface area contributed by atoms with Gasteiger partial charge in [-0.15, -0.1) is 11.3 Å². The molecule has 2 amide bonds. The van der Waals surface area contributed by atoms with Gasteiger partial charge in [-0.3, -0.25) is 30.6 Å². The number of carbonyl (C=O) groups is 3. The zero-order valence-electron chi connectivity index (χ0n) is 14.7.